The van der Waals surface area contributed by atoms with Gasteiger partial charge in [0.15, 0.2) is 0 Å². The molecule has 5 rings (SSSR count). The molecule has 3 heterocycles. The number of nitrogens with zero attached hydrogens (tertiary/aromatic N) is 4. The van der Waals surface area contributed by atoms with Crippen LogP contribution in [0.2, 0.25) is 0 Å². The van der Waals surface area contributed by atoms with E-state index in [1.54, 1.807) is 18.1 Å². The van der Waals surface area contributed by atoms with E-state index in [0.29, 0.717) is 26.5 Å². The first-order valence-corrected chi connectivity index (χ1v) is 13.2. The normalized spacial score (nSPS) is 14.9. The number of thiophene rings is 1. The molecule has 2 amide bonds. The van der Waals surface area contributed by atoms with Crippen molar-refractivity contribution in [1.29, 1.82) is 0 Å². The van der Waals surface area contributed by atoms with Crippen LogP contribution in [0.5, 0.6) is 0 Å². The zero-order valence-corrected chi connectivity index (χ0v) is 21.8. The average molecular weight is 518 g/mol. The van der Waals surface area contributed by atoms with Crippen LogP contribution in [0.15, 0.2) is 60.7 Å². The van der Waals surface area contributed by atoms with Gasteiger partial charge in [0, 0.05) is 32.2 Å². The topological polar surface area (TPSA) is 96.6 Å². The Labute approximate surface area is 220 Å². The van der Waals surface area contributed by atoms with Crippen molar-refractivity contribution in [3.63, 3.8) is 0 Å². The summed E-state index contributed by atoms with van der Waals surface area (Å²) in [5.74, 6) is 0.0114. The Balaban J connectivity index is 1.21. The van der Waals surface area contributed by atoms with Crippen molar-refractivity contribution < 1.29 is 9.59 Å². The number of carbonyl (C=O) groups is 2. The molecule has 4 aromatic rings. The third-order valence-corrected chi connectivity index (χ3v) is 7.59. The first-order valence-electron chi connectivity index (χ1n) is 12.3. The highest BCUT2D eigenvalue weighted by molar-refractivity contribution is 7.20. The van der Waals surface area contributed by atoms with Crippen molar-refractivity contribution in [2.75, 3.05) is 50.6 Å². The first kappa shape index (κ1) is 24.9. The predicted octanol–water partition coefficient (Wildman–Crippen LogP) is 3.80. The lowest BCUT2D eigenvalue weighted by Gasteiger charge is -2.20. The molecule has 1 fully saturated rings. The molecule has 10 heteroatoms. The van der Waals surface area contributed by atoms with Crippen molar-refractivity contribution in [3.05, 3.63) is 76.7 Å². The molecule has 0 saturated carbocycles. The SMILES string of the molecule is CN1CCCN(Cc2ccc(C(=O)Nc3[nH]nc4sc(C(=O)NN(C)c5ccccc5)cc34)cc2)CC1. The number of hydrogen-bond acceptors (Lipinski definition) is 7. The maximum absolute atomic E-state index is 12.9. The largest absolute Gasteiger partial charge is 0.306 e. The average Bonchev–Trinajstić information content (AvgIpc) is 3.43. The lowest BCUT2D eigenvalue weighted by Crippen LogP contribution is -2.38. The molecule has 0 unspecified atom stereocenters. The van der Waals surface area contributed by atoms with Gasteiger partial charge in [-0.1, -0.05) is 30.3 Å². The summed E-state index contributed by atoms with van der Waals surface area (Å²) in [7, 11) is 3.96. The fourth-order valence-corrected chi connectivity index (χ4v) is 5.29. The van der Waals surface area contributed by atoms with Crippen LogP contribution in [-0.4, -0.2) is 72.1 Å². The number of aromatic nitrogens is 2. The second kappa shape index (κ2) is 11.1. The van der Waals surface area contributed by atoms with Gasteiger partial charge in [-0.25, -0.2) is 0 Å². The van der Waals surface area contributed by atoms with Gasteiger partial charge in [0.1, 0.15) is 10.6 Å². The van der Waals surface area contributed by atoms with Crippen LogP contribution in [0.1, 0.15) is 32.0 Å². The molecular weight excluding hydrogens is 486 g/mol. The van der Waals surface area contributed by atoms with Gasteiger partial charge in [-0.2, -0.15) is 5.10 Å². The zero-order valence-electron chi connectivity index (χ0n) is 21.0. The maximum atomic E-state index is 12.9. The Morgan fingerprint density at radius 3 is 2.59 bits per heavy atom. The van der Waals surface area contributed by atoms with Crippen LogP contribution < -0.4 is 15.8 Å². The Hall–Kier alpha value is -3.73. The number of anilines is 2. The van der Waals surface area contributed by atoms with E-state index in [1.807, 2.05) is 54.6 Å². The summed E-state index contributed by atoms with van der Waals surface area (Å²) >= 11 is 1.27. The molecule has 192 valence electrons. The Bertz CT molecular complexity index is 1370. The van der Waals surface area contributed by atoms with Crippen LogP contribution in [0.4, 0.5) is 11.5 Å². The number of aromatic amines is 1. The van der Waals surface area contributed by atoms with Crippen LogP contribution in [0.25, 0.3) is 10.2 Å². The summed E-state index contributed by atoms with van der Waals surface area (Å²) in [5, 5.41) is 12.4. The molecule has 2 aromatic heterocycles. The third kappa shape index (κ3) is 5.99. The molecule has 1 saturated heterocycles. The number of benzene rings is 2. The molecular formula is C27H31N7O2S. The fourth-order valence-electron chi connectivity index (χ4n) is 4.40. The van der Waals surface area contributed by atoms with E-state index < -0.39 is 0 Å². The highest BCUT2D eigenvalue weighted by atomic mass is 32.1. The molecule has 0 aliphatic carbocycles. The molecule has 9 nitrogen and oxygen atoms in total. The summed E-state index contributed by atoms with van der Waals surface area (Å²) in [6, 6.07) is 19.1. The van der Waals surface area contributed by atoms with Crippen LogP contribution in [-0.2, 0) is 6.54 Å². The number of hydrazine groups is 1. The van der Waals surface area contributed by atoms with Crippen molar-refractivity contribution >= 4 is 44.9 Å². The molecule has 3 N–H and O–H groups in total. The lowest BCUT2D eigenvalue weighted by atomic mass is 10.1. The predicted molar refractivity (Wildman–Crippen MR) is 148 cm³/mol. The van der Waals surface area contributed by atoms with E-state index in [4.69, 9.17) is 0 Å². The van der Waals surface area contributed by atoms with Crippen molar-refractivity contribution in [2.24, 2.45) is 0 Å². The second-order valence-electron chi connectivity index (χ2n) is 9.35. The van der Waals surface area contributed by atoms with Crippen LogP contribution in [0.3, 0.4) is 0 Å². The number of likely N-dealkylation sites (N-methyl/N-ethyl adjacent to an activating group) is 1. The Morgan fingerprint density at radius 2 is 1.81 bits per heavy atom. The number of fused-ring (bicyclic) bond motifs is 1. The molecule has 0 spiro atoms. The minimum Gasteiger partial charge on any atom is -0.306 e. The van der Waals surface area contributed by atoms with E-state index in [2.05, 4.69) is 37.8 Å². The van der Waals surface area contributed by atoms with Gasteiger partial charge in [-0.3, -0.25) is 30.0 Å². The molecule has 0 radical (unpaired) electrons. The summed E-state index contributed by atoms with van der Waals surface area (Å²) in [5.41, 5.74) is 5.50. The molecule has 2 aromatic carbocycles. The van der Waals surface area contributed by atoms with Gasteiger partial charge in [0.2, 0.25) is 0 Å². The summed E-state index contributed by atoms with van der Waals surface area (Å²) in [6.07, 6.45) is 1.17. The van der Waals surface area contributed by atoms with E-state index in [0.717, 1.165) is 38.4 Å². The Kier molecular flexibility index (Phi) is 7.50. The smallest absolute Gasteiger partial charge is 0.279 e. The van der Waals surface area contributed by atoms with Gasteiger partial charge in [-0.05, 0) is 62.5 Å². The van der Waals surface area contributed by atoms with Gasteiger partial charge in [0.25, 0.3) is 11.8 Å². The highest BCUT2D eigenvalue weighted by Crippen LogP contribution is 2.29. The van der Waals surface area contributed by atoms with E-state index >= 15 is 0 Å². The van der Waals surface area contributed by atoms with Crippen LogP contribution >= 0.6 is 11.3 Å². The van der Waals surface area contributed by atoms with Crippen molar-refractivity contribution in [3.8, 4) is 0 Å². The summed E-state index contributed by atoms with van der Waals surface area (Å²) in [6.45, 7) is 5.24. The quantitative estimate of drug-likeness (QED) is 0.323. The third-order valence-electron chi connectivity index (χ3n) is 6.56. The van der Waals surface area contributed by atoms with Crippen LogP contribution in [0, 0.1) is 0 Å². The molecule has 0 atom stereocenters. The minimum absolute atomic E-state index is 0.227. The molecule has 37 heavy (non-hydrogen) atoms. The lowest BCUT2D eigenvalue weighted by molar-refractivity contribution is 0.0954. The summed E-state index contributed by atoms with van der Waals surface area (Å²) in [4.78, 5) is 31.7. The second-order valence-corrected chi connectivity index (χ2v) is 10.4. The molecule has 1 aliphatic rings. The fraction of sp³-hybridized carbons (Fsp3) is 0.296. The zero-order chi connectivity index (χ0) is 25.8. The number of rotatable bonds is 7. The summed E-state index contributed by atoms with van der Waals surface area (Å²) < 4.78 is 0. The number of nitrogens with one attached hydrogen (secondary N) is 3. The van der Waals surface area contributed by atoms with Gasteiger partial charge >= 0.3 is 0 Å². The molecule has 1 aliphatic heterocycles. The van der Waals surface area contributed by atoms with Gasteiger partial charge < -0.3 is 10.2 Å². The van der Waals surface area contributed by atoms with Crippen molar-refractivity contribution in [1.82, 2.24) is 25.4 Å². The van der Waals surface area contributed by atoms with Gasteiger partial charge in [-0.15, -0.1) is 11.3 Å². The number of hydrogen-bond donors (Lipinski definition) is 3. The van der Waals surface area contributed by atoms with E-state index in [1.165, 1.54) is 23.3 Å². The monoisotopic (exact) mass is 517 g/mol. The number of para-hydroxylation sites is 1. The minimum atomic E-state index is -0.238. The standard InChI is InChI=1S/C27H31N7O2S/c1-32-13-6-14-34(16-15-32)18-19-9-11-20(12-10-19)25(35)28-24-22-17-23(37-27(22)30-29-24)26(36)31-33(2)21-7-4-3-5-8-21/h3-5,7-12,17H,6,13-16,18H2,1-2H3,(H,31,36)(H2,28,29,30,35). The molecule has 0 bridgehead atoms. The van der Waals surface area contributed by atoms with E-state index in [9.17, 15) is 9.59 Å². The van der Waals surface area contributed by atoms with E-state index in [-0.39, 0.29) is 11.8 Å². The Morgan fingerprint density at radius 1 is 1.03 bits per heavy atom. The van der Waals surface area contributed by atoms with Crippen molar-refractivity contribution in [2.45, 2.75) is 13.0 Å². The maximum Gasteiger partial charge on any atom is 0.279 e. The number of H-pyrrole nitrogens is 1. The van der Waals surface area contributed by atoms with Gasteiger partial charge in [0.05, 0.1) is 16.0 Å². The number of amides is 2. The number of carbonyl (C=O) groups excluding carboxylic acids is 2. The highest BCUT2D eigenvalue weighted by Gasteiger charge is 2.18. The first-order chi connectivity index (χ1) is 18.0.